The Morgan fingerprint density at radius 2 is 1.75 bits per heavy atom. The van der Waals surface area contributed by atoms with Crippen LogP contribution >= 0.6 is 15.9 Å². The van der Waals surface area contributed by atoms with Gasteiger partial charge in [-0.2, -0.15) is 13.2 Å². The maximum absolute atomic E-state index is 13.6. The summed E-state index contributed by atoms with van der Waals surface area (Å²) in [6.45, 7) is 1.80. The zero-order chi connectivity index (χ0) is 20.3. The van der Waals surface area contributed by atoms with Crippen LogP contribution < -0.4 is 0 Å². The van der Waals surface area contributed by atoms with Gasteiger partial charge in [-0.3, -0.25) is 9.78 Å². The maximum Gasteiger partial charge on any atom is 0.416 e. The van der Waals surface area contributed by atoms with Gasteiger partial charge in [-0.1, -0.05) is 46.3 Å². The van der Waals surface area contributed by atoms with Gasteiger partial charge >= 0.3 is 6.18 Å². The Morgan fingerprint density at radius 3 is 2.39 bits per heavy atom. The minimum atomic E-state index is -4.54. The molecule has 0 radical (unpaired) electrons. The van der Waals surface area contributed by atoms with E-state index in [2.05, 4.69) is 20.9 Å². The van der Waals surface area contributed by atoms with Gasteiger partial charge in [0, 0.05) is 22.8 Å². The molecule has 6 heteroatoms. The zero-order valence-electron chi connectivity index (χ0n) is 15.0. The summed E-state index contributed by atoms with van der Waals surface area (Å²) in [6.07, 6.45) is -2.93. The molecule has 0 aliphatic heterocycles. The molecule has 0 aliphatic rings. The number of rotatable bonds is 5. The number of benzene rings is 2. The average Bonchev–Trinajstić information content (AvgIpc) is 2.63. The van der Waals surface area contributed by atoms with Crippen molar-refractivity contribution in [3.8, 4) is 0 Å². The van der Waals surface area contributed by atoms with Crippen LogP contribution in [0, 0.1) is 6.92 Å². The lowest BCUT2D eigenvalue weighted by Crippen LogP contribution is -2.21. The maximum atomic E-state index is 13.6. The standard InChI is InChI=1S/C22H17BrF3NO/c1-14-12-15(10-11-27-14)13-20(28)21(16-6-8-17(23)9-7-16)18-4-2-3-5-19(18)22(24,25)26/h2-12,21H,13H2,1H3. The first-order valence-corrected chi connectivity index (χ1v) is 9.41. The zero-order valence-corrected chi connectivity index (χ0v) is 16.6. The van der Waals surface area contributed by atoms with Crippen LogP contribution in [0.3, 0.4) is 0 Å². The molecule has 3 rings (SSSR count). The Bertz CT molecular complexity index is 984. The Hall–Kier alpha value is -2.47. The van der Waals surface area contributed by atoms with Gasteiger partial charge in [-0.15, -0.1) is 0 Å². The largest absolute Gasteiger partial charge is 0.416 e. The normalized spacial score (nSPS) is 12.6. The molecule has 0 fully saturated rings. The van der Waals surface area contributed by atoms with Crippen LogP contribution in [0.2, 0.25) is 0 Å². The fourth-order valence-corrected chi connectivity index (χ4v) is 3.48. The topological polar surface area (TPSA) is 30.0 Å². The van der Waals surface area contributed by atoms with Crippen molar-refractivity contribution in [1.82, 2.24) is 4.98 Å². The highest BCUT2D eigenvalue weighted by atomic mass is 79.9. The predicted octanol–water partition coefficient (Wildman–Crippen LogP) is 6.12. The predicted molar refractivity (Wildman–Crippen MR) is 105 cm³/mol. The first kappa shape index (κ1) is 20.3. The first-order valence-electron chi connectivity index (χ1n) is 8.61. The van der Waals surface area contributed by atoms with E-state index in [-0.39, 0.29) is 17.8 Å². The van der Waals surface area contributed by atoms with Gasteiger partial charge in [0.05, 0.1) is 11.5 Å². The fourth-order valence-electron chi connectivity index (χ4n) is 3.22. The highest BCUT2D eigenvalue weighted by Crippen LogP contribution is 2.38. The second-order valence-corrected chi connectivity index (χ2v) is 7.43. The van der Waals surface area contributed by atoms with Crippen LogP contribution in [0.15, 0.2) is 71.3 Å². The van der Waals surface area contributed by atoms with Crippen molar-refractivity contribution in [2.24, 2.45) is 0 Å². The number of ketones is 1. The summed E-state index contributed by atoms with van der Waals surface area (Å²) in [4.78, 5) is 17.3. The quantitative estimate of drug-likeness (QED) is 0.471. The number of hydrogen-bond donors (Lipinski definition) is 0. The Balaban J connectivity index is 2.09. The fraction of sp³-hybridized carbons (Fsp3) is 0.182. The second-order valence-electron chi connectivity index (χ2n) is 6.52. The molecule has 0 bridgehead atoms. The lowest BCUT2D eigenvalue weighted by atomic mass is 9.83. The number of Topliss-reactive ketones (excluding diaryl/α,β-unsaturated/α-hetero) is 1. The first-order chi connectivity index (χ1) is 13.3. The van der Waals surface area contributed by atoms with Gasteiger partial charge in [-0.25, -0.2) is 0 Å². The van der Waals surface area contributed by atoms with Crippen molar-refractivity contribution in [3.05, 3.63) is 99.3 Å². The van der Waals surface area contributed by atoms with E-state index in [4.69, 9.17) is 0 Å². The molecule has 2 nitrogen and oxygen atoms in total. The Kier molecular flexibility index (Phi) is 5.98. The van der Waals surface area contributed by atoms with E-state index in [1.165, 1.54) is 18.2 Å². The molecule has 1 aromatic heterocycles. The van der Waals surface area contributed by atoms with Gasteiger partial charge in [0.15, 0.2) is 0 Å². The molecule has 3 aromatic rings. The molecule has 0 amide bonds. The summed E-state index contributed by atoms with van der Waals surface area (Å²) in [5.74, 6) is -1.32. The van der Waals surface area contributed by atoms with E-state index in [0.717, 1.165) is 21.8 Å². The van der Waals surface area contributed by atoms with Gasteiger partial charge in [0.25, 0.3) is 0 Å². The summed E-state index contributed by atoms with van der Waals surface area (Å²) < 4.78 is 41.6. The monoisotopic (exact) mass is 447 g/mol. The summed E-state index contributed by atoms with van der Waals surface area (Å²) in [7, 11) is 0. The Labute approximate surface area is 169 Å². The minimum absolute atomic E-state index is 0.0241. The average molecular weight is 448 g/mol. The third-order valence-electron chi connectivity index (χ3n) is 4.44. The number of alkyl halides is 3. The second kappa shape index (κ2) is 8.27. The molecule has 0 aliphatic carbocycles. The van der Waals surface area contributed by atoms with Crippen molar-refractivity contribution < 1.29 is 18.0 Å². The summed E-state index contributed by atoms with van der Waals surface area (Å²) in [5.41, 5.74) is 1.18. The third kappa shape index (κ3) is 4.68. The SMILES string of the molecule is Cc1cc(CC(=O)C(c2ccc(Br)cc2)c2ccccc2C(F)(F)F)ccn1. The smallest absolute Gasteiger partial charge is 0.298 e. The molecule has 1 heterocycles. The number of carbonyl (C=O) groups is 1. The number of carbonyl (C=O) groups excluding carboxylic acids is 1. The van der Waals surface area contributed by atoms with E-state index in [9.17, 15) is 18.0 Å². The van der Waals surface area contributed by atoms with E-state index in [1.54, 1.807) is 49.5 Å². The third-order valence-corrected chi connectivity index (χ3v) is 4.97. The van der Waals surface area contributed by atoms with E-state index >= 15 is 0 Å². The summed E-state index contributed by atoms with van der Waals surface area (Å²) in [6, 6.07) is 15.5. The van der Waals surface area contributed by atoms with Crippen molar-refractivity contribution in [1.29, 1.82) is 0 Å². The molecule has 1 unspecified atom stereocenters. The van der Waals surface area contributed by atoms with Gasteiger partial charge < -0.3 is 0 Å². The van der Waals surface area contributed by atoms with Crippen LogP contribution in [-0.2, 0) is 17.4 Å². The van der Waals surface area contributed by atoms with Crippen LogP contribution in [0.5, 0.6) is 0 Å². The number of pyridine rings is 1. The molecule has 1 atom stereocenters. The molecule has 0 saturated carbocycles. The minimum Gasteiger partial charge on any atom is -0.298 e. The molecule has 0 saturated heterocycles. The highest BCUT2D eigenvalue weighted by molar-refractivity contribution is 9.10. The summed E-state index contributed by atoms with van der Waals surface area (Å²) >= 11 is 3.32. The van der Waals surface area contributed by atoms with Crippen molar-refractivity contribution in [2.75, 3.05) is 0 Å². The molecular weight excluding hydrogens is 431 g/mol. The number of hydrogen-bond acceptors (Lipinski definition) is 2. The van der Waals surface area contributed by atoms with Crippen molar-refractivity contribution in [3.63, 3.8) is 0 Å². The number of aryl methyl sites for hydroxylation is 1. The van der Waals surface area contributed by atoms with Crippen LogP contribution in [0.1, 0.15) is 33.9 Å². The van der Waals surface area contributed by atoms with E-state index in [0.29, 0.717) is 5.56 Å². The van der Waals surface area contributed by atoms with Crippen molar-refractivity contribution >= 4 is 21.7 Å². The molecule has 144 valence electrons. The van der Waals surface area contributed by atoms with Gasteiger partial charge in [-0.05, 0) is 53.9 Å². The molecular formula is C22H17BrF3NO. The molecule has 28 heavy (non-hydrogen) atoms. The molecule has 0 N–H and O–H groups in total. The lowest BCUT2D eigenvalue weighted by molar-refractivity contribution is -0.138. The number of halogens is 4. The summed E-state index contributed by atoms with van der Waals surface area (Å²) in [5, 5.41) is 0. The van der Waals surface area contributed by atoms with Crippen molar-refractivity contribution in [2.45, 2.75) is 25.4 Å². The van der Waals surface area contributed by atoms with Crippen LogP contribution in [0.4, 0.5) is 13.2 Å². The van der Waals surface area contributed by atoms with Gasteiger partial charge in [0.2, 0.25) is 0 Å². The molecule has 0 spiro atoms. The van der Waals surface area contributed by atoms with Gasteiger partial charge in [0.1, 0.15) is 5.78 Å². The van der Waals surface area contributed by atoms with Crippen LogP contribution in [-0.4, -0.2) is 10.8 Å². The van der Waals surface area contributed by atoms with E-state index < -0.39 is 17.7 Å². The highest BCUT2D eigenvalue weighted by Gasteiger charge is 2.37. The van der Waals surface area contributed by atoms with Crippen LogP contribution in [0.25, 0.3) is 0 Å². The number of nitrogens with zero attached hydrogens (tertiary/aromatic N) is 1. The number of aromatic nitrogens is 1. The molecule has 2 aromatic carbocycles. The Morgan fingerprint density at radius 1 is 1.07 bits per heavy atom. The van der Waals surface area contributed by atoms with E-state index in [1.807, 2.05) is 0 Å². The lowest BCUT2D eigenvalue weighted by Gasteiger charge is -2.21.